The molecule has 1 aliphatic carbocycles. The van der Waals surface area contributed by atoms with Crippen LogP contribution in [0.15, 0.2) is 36.7 Å². The molecule has 3 unspecified atom stereocenters. The quantitative estimate of drug-likeness (QED) is 0.518. The monoisotopic (exact) mass is 433 g/mol. The molecule has 0 bridgehead atoms. The highest BCUT2D eigenvalue weighted by atomic mass is 16.3. The summed E-state index contributed by atoms with van der Waals surface area (Å²) in [6.07, 6.45) is 5.07. The summed E-state index contributed by atoms with van der Waals surface area (Å²) in [5, 5.41) is 18.7. The predicted octanol–water partition coefficient (Wildman–Crippen LogP) is 0.599. The third kappa shape index (κ3) is 3.73. The molecule has 10 nitrogen and oxygen atoms in total. The molecule has 32 heavy (non-hydrogen) atoms. The van der Waals surface area contributed by atoms with Crippen molar-refractivity contribution in [2.24, 2.45) is 5.92 Å². The number of aromatic amines is 1. The van der Waals surface area contributed by atoms with Crippen LogP contribution in [0.25, 0.3) is 0 Å². The first-order valence-electron chi connectivity index (χ1n) is 10.5. The van der Waals surface area contributed by atoms with Gasteiger partial charge in [0, 0.05) is 38.4 Å². The van der Waals surface area contributed by atoms with Crippen molar-refractivity contribution in [2.75, 3.05) is 18.6 Å². The number of nitrogens with one attached hydrogen (secondary N) is 2. The smallest absolute Gasteiger partial charge is 0.291 e. The molecule has 0 radical (unpaired) electrons. The van der Waals surface area contributed by atoms with Crippen LogP contribution in [0, 0.1) is 5.92 Å². The number of amides is 2. The number of nitrogens with zero attached hydrogens (tertiary/aromatic N) is 5. The lowest BCUT2D eigenvalue weighted by Gasteiger charge is -2.22. The molecule has 2 aromatic heterocycles. The van der Waals surface area contributed by atoms with E-state index in [9.17, 15) is 9.59 Å². The summed E-state index contributed by atoms with van der Waals surface area (Å²) >= 11 is 0. The fraction of sp³-hybridized carbons (Fsp3) is 0.364. The van der Waals surface area contributed by atoms with Crippen molar-refractivity contribution >= 4 is 17.6 Å². The molecule has 3 N–H and O–H groups in total. The first kappa shape index (κ1) is 20.3. The number of hydrogen-bond acceptors (Lipinski definition) is 7. The summed E-state index contributed by atoms with van der Waals surface area (Å²) in [6, 6.07) is 7.16. The summed E-state index contributed by atoms with van der Waals surface area (Å²) in [4.78, 5) is 40.3. The van der Waals surface area contributed by atoms with E-state index in [0.29, 0.717) is 24.5 Å². The Bertz CT molecular complexity index is 1160. The average Bonchev–Trinajstić information content (AvgIpc) is 3.47. The van der Waals surface area contributed by atoms with Gasteiger partial charge < -0.3 is 10.4 Å². The van der Waals surface area contributed by atoms with Crippen LogP contribution in [-0.4, -0.2) is 61.8 Å². The molecule has 10 heteroatoms. The predicted molar refractivity (Wildman–Crippen MR) is 114 cm³/mol. The normalized spacial score (nSPS) is 21.5. The Labute approximate surface area is 184 Å². The van der Waals surface area contributed by atoms with Gasteiger partial charge in [-0.25, -0.2) is 9.97 Å². The number of H-pyrrole nitrogens is 1. The molecule has 1 aromatic carbocycles. The van der Waals surface area contributed by atoms with Crippen molar-refractivity contribution in [2.45, 2.75) is 31.2 Å². The van der Waals surface area contributed by atoms with E-state index in [1.165, 1.54) is 4.90 Å². The molecule has 164 valence electrons. The van der Waals surface area contributed by atoms with Crippen molar-refractivity contribution in [1.82, 2.24) is 30.5 Å². The highest BCUT2D eigenvalue weighted by molar-refractivity contribution is 6.02. The first-order valence-corrected chi connectivity index (χ1v) is 10.5. The maximum Gasteiger partial charge on any atom is 0.291 e. The Kier molecular flexibility index (Phi) is 5.14. The number of aromatic nitrogens is 5. The number of likely N-dealkylation sites (N-methyl/N-ethyl adjacent to an activating group) is 1. The number of rotatable bonds is 6. The number of carbonyl (C=O) groups is 2. The second-order valence-electron chi connectivity index (χ2n) is 8.19. The van der Waals surface area contributed by atoms with E-state index in [1.807, 2.05) is 24.3 Å². The van der Waals surface area contributed by atoms with E-state index in [1.54, 1.807) is 19.4 Å². The third-order valence-corrected chi connectivity index (χ3v) is 6.06. The lowest BCUT2D eigenvalue weighted by molar-refractivity contribution is -0.120. The number of aliphatic hydroxyl groups is 1. The number of anilines is 1. The minimum atomic E-state index is -0.672. The summed E-state index contributed by atoms with van der Waals surface area (Å²) in [6.45, 7) is 0.111. The zero-order valence-corrected chi connectivity index (χ0v) is 17.5. The maximum atomic E-state index is 13.0. The van der Waals surface area contributed by atoms with Crippen LogP contribution < -0.4 is 10.2 Å². The lowest BCUT2D eigenvalue weighted by Crippen LogP contribution is -2.48. The SMILES string of the molecule is CN1C(=O)C(NC(=O)c2n[nH]c(Cc3ccc(CCO)cc3)n2)C2CC2c2nccnc21. The molecule has 0 spiro atoms. The fourth-order valence-corrected chi connectivity index (χ4v) is 4.25. The second kappa shape index (κ2) is 8.12. The van der Waals surface area contributed by atoms with Gasteiger partial charge in [0.1, 0.15) is 11.9 Å². The van der Waals surface area contributed by atoms with Crippen LogP contribution in [0.5, 0.6) is 0 Å². The molecule has 5 rings (SSSR count). The lowest BCUT2D eigenvalue weighted by atomic mass is 10.1. The van der Waals surface area contributed by atoms with Gasteiger partial charge in [0.15, 0.2) is 5.82 Å². The Morgan fingerprint density at radius 2 is 1.97 bits per heavy atom. The van der Waals surface area contributed by atoms with Crippen molar-refractivity contribution < 1.29 is 14.7 Å². The summed E-state index contributed by atoms with van der Waals surface area (Å²) in [5.41, 5.74) is 2.86. The van der Waals surface area contributed by atoms with Gasteiger partial charge in [-0.05, 0) is 29.9 Å². The number of fused-ring (bicyclic) bond motifs is 3. The zero-order valence-electron chi connectivity index (χ0n) is 17.5. The zero-order chi connectivity index (χ0) is 22.2. The molecule has 1 aliphatic heterocycles. The van der Waals surface area contributed by atoms with Gasteiger partial charge in [0.2, 0.25) is 5.82 Å². The molecular weight excluding hydrogens is 410 g/mol. The largest absolute Gasteiger partial charge is 0.396 e. The molecule has 3 heterocycles. The van der Waals surface area contributed by atoms with Gasteiger partial charge in [0.25, 0.3) is 11.8 Å². The molecule has 1 saturated carbocycles. The van der Waals surface area contributed by atoms with Crippen LogP contribution >= 0.6 is 0 Å². The summed E-state index contributed by atoms with van der Waals surface area (Å²) < 4.78 is 0. The molecule has 1 fully saturated rings. The summed E-state index contributed by atoms with van der Waals surface area (Å²) in [5.74, 6) is 0.491. The van der Waals surface area contributed by atoms with E-state index in [4.69, 9.17) is 5.11 Å². The van der Waals surface area contributed by atoms with Crippen molar-refractivity contribution in [3.05, 3.63) is 65.1 Å². The minimum Gasteiger partial charge on any atom is -0.396 e. The van der Waals surface area contributed by atoms with Gasteiger partial charge in [-0.2, -0.15) is 0 Å². The van der Waals surface area contributed by atoms with Crippen molar-refractivity contribution in [3.63, 3.8) is 0 Å². The minimum absolute atomic E-state index is 0.00237. The fourth-order valence-electron chi connectivity index (χ4n) is 4.25. The number of carbonyl (C=O) groups excluding carboxylic acids is 2. The standard InChI is InChI=1S/C22H23N7O3/c1-29-20-17(23-7-8-24-20)14-11-15(14)18(22(29)32)26-21(31)19-25-16(27-28-19)10-13-4-2-12(3-5-13)6-9-30/h2-5,7-8,14-15,18,30H,6,9-11H2,1H3,(H,26,31)(H,25,27,28). The van der Waals surface area contributed by atoms with Crippen LogP contribution in [0.1, 0.15) is 45.6 Å². The Balaban J connectivity index is 1.27. The van der Waals surface area contributed by atoms with E-state index in [2.05, 4.69) is 30.5 Å². The first-order chi connectivity index (χ1) is 15.5. The highest BCUT2D eigenvalue weighted by Gasteiger charge is 2.53. The summed E-state index contributed by atoms with van der Waals surface area (Å²) in [7, 11) is 1.65. The molecule has 3 aromatic rings. The Morgan fingerprint density at radius 1 is 1.22 bits per heavy atom. The Morgan fingerprint density at radius 3 is 2.75 bits per heavy atom. The van der Waals surface area contributed by atoms with Crippen LogP contribution in [0.4, 0.5) is 5.82 Å². The van der Waals surface area contributed by atoms with Gasteiger partial charge in [-0.3, -0.25) is 24.6 Å². The second-order valence-corrected chi connectivity index (χ2v) is 8.19. The van der Waals surface area contributed by atoms with Crippen LogP contribution in [-0.2, 0) is 17.6 Å². The molecular formula is C22H23N7O3. The maximum absolute atomic E-state index is 13.0. The highest BCUT2D eigenvalue weighted by Crippen LogP contribution is 2.53. The van der Waals surface area contributed by atoms with Crippen molar-refractivity contribution in [3.8, 4) is 0 Å². The molecule has 3 atom stereocenters. The van der Waals surface area contributed by atoms with E-state index in [-0.39, 0.29) is 30.2 Å². The number of benzene rings is 1. The van der Waals surface area contributed by atoms with Gasteiger partial charge >= 0.3 is 0 Å². The van der Waals surface area contributed by atoms with E-state index in [0.717, 1.165) is 23.2 Å². The topological polar surface area (TPSA) is 137 Å². The van der Waals surface area contributed by atoms with Crippen molar-refractivity contribution in [1.29, 1.82) is 0 Å². The van der Waals surface area contributed by atoms with Crippen LogP contribution in [0.3, 0.4) is 0 Å². The van der Waals surface area contributed by atoms with E-state index >= 15 is 0 Å². The van der Waals surface area contributed by atoms with Gasteiger partial charge in [-0.1, -0.05) is 24.3 Å². The Hall–Kier alpha value is -3.66. The molecule has 0 saturated heterocycles. The molecule has 2 aliphatic rings. The van der Waals surface area contributed by atoms with E-state index < -0.39 is 11.9 Å². The molecule has 2 amide bonds. The van der Waals surface area contributed by atoms with Gasteiger partial charge in [0.05, 0.1) is 5.69 Å². The van der Waals surface area contributed by atoms with Gasteiger partial charge in [-0.15, -0.1) is 5.10 Å². The van der Waals surface area contributed by atoms with Crippen LogP contribution in [0.2, 0.25) is 0 Å². The number of aliphatic hydroxyl groups excluding tert-OH is 1. The number of hydrogen-bond donors (Lipinski definition) is 3. The average molecular weight is 433 g/mol. The third-order valence-electron chi connectivity index (χ3n) is 6.06.